The van der Waals surface area contributed by atoms with Crippen LogP contribution < -0.4 is 15.5 Å². The van der Waals surface area contributed by atoms with Gasteiger partial charge < -0.3 is 15.5 Å². The molecule has 3 heterocycles. The maximum absolute atomic E-state index is 13.4. The second-order valence-corrected chi connectivity index (χ2v) is 7.61. The Morgan fingerprint density at radius 2 is 1.90 bits per heavy atom. The van der Waals surface area contributed by atoms with Crippen LogP contribution in [0.1, 0.15) is 23.5 Å². The maximum Gasteiger partial charge on any atom is 0.257 e. The Bertz CT molecular complexity index is 1110. The van der Waals surface area contributed by atoms with E-state index in [2.05, 4.69) is 44.8 Å². The summed E-state index contributed by atoms with van der Waals surface area (Å²) >= 11 is 0. The number of anilines is 3. The summed E-state index contributed by atoms with van der Waals surface area (Å²) < 4.78 is 13.4. The quantitative estimate of drug-likeness (QED) is 0.628. The summed E-state index contributed by atoms with van der Waals surface area (Å²) in [6.45, 7) is 2.02. The van der Waals surface area contributed by atoms with Gasteiger partial charge in [0, 0.05) is 54.5 Å². The molecule has 150 valence electrons. The molecule has 0 radical (unpaired) electrons. The van der Waals surface area contributed by atoms with Crippen molar-refractivity contribution in [1.82, 2.24) is 4.98 Å². The molecule has 1 aromatic heterocycles. The summed E-state index contributed by atoms with van der Waals surface area (Å²) in [5, 5.41) is 5.87. The number of carbonyl (C=O) groups is 1. The molecule has 3 aromatic rings. The van der Waals surface area contributed by atoms with Crippen LogP contribution in [-0.4, -0.2) is 24.0 Å². The van der Waals surface area contributed by atoms with Crippen molar-refractivity contribution in [2.75, 3.05) is 28.6 Å². The first kappa shape index (κ1) is 18.4. The van der Waals surface area contributed by atoms with Crippen LogP contribution in [0.5, 0.6) is 0 Å². The Morgan fingerprint density at radius 3 is 2.70 bits per heavy atom. The molecule has 30 heavy (non-hydrogen) atoms. The van der Waals surface area contributed by atoms with Crippen LogP contribution in [0.3, 0.4) is 0 Å². The molecule has 1 amide bonds. The van der Waals surface area contributed by atoms with E-state index >= 15 is 0 Å². The normalized spacial score (nSPS) is 19.1. The molecule has 5 nitrogen and oxygen atoms in total. The number of carbonyl (C=O) groups excluding carboxylic acids is 1. The van der Waals surface area contributed by atoms with Crippen molar-refractivity contribution >= 4 is 28.5 Å². The minimum Gasteiger partial charge on any atom is -0.371 e. The van der Waals surface area contributed by atoms with Gasteiger partial charge in [0.15, 0.2) is 0 Å². The predicted molar refractivity (Wildman–Crippen MR) is 117 cm³/mol. The maximum atomic E-state index is 13.4. The van der Waals surface area contributed by atoms with Gasteiger partial charge in [0.05, 0.1) is 11.3 Å². The van der Waals surface area contributed by atoms with E-state index in [4.69, 9.17) is 0 Å². The van der Waals surface area contributed by atoms with Crippen molar-refractivity contribution < 1.29 is 9.18 Å². The molecule has 0 aliphatic carbocycles. The second-order valence-electron chi connectivity index (χ2n) is 7.61. The highest BCUT2D eigenvalue weighted by atomic mass is 19.1. The third-order valence-electron chi connectivity index (χ3n) is 5.75. The van der Waals surface area contributed by atoms with Crippen LogP contribution in [0.15, 0.2) is 73.2 Å². The molecule has 0 spiro atoms. The third kappa shape index (κ3) is 3.52. The first-order chi connectivity index (χ1) is 14.7. The van der Waals surface area contributed by atoms with Crippen molar-refractivity contribution in [3.8, 4) is 0 Å². The highest BCUT2D eigenvalue weighted by molar-refractivity contribution is 6.31. The van der Waals surface area contributed by atoms with Crippen LogP contribution >= 0.6 is 0 Å². The highest BCUT2D eigenvalue weighted by Gasteiger charge is 2.25. The van der Waals surface area contributed by atoms with Crippen LogP contribution in [-0.2, 0) is 4.79 Å². The van der Waals surface area contributed by atoms with Crippen LogP contribution in [0.25, 0.3) is 5.57 Å². The molecule has 2 aliphatic rings. The van der Waals surface area contributed by atoms with E-state index in [0.717, 1.165) is 25.2 Å². The summed E-state index contributed by atoms with van der Waals surface area (Å²) in [6, 6.07) is 16.7. The Balaban J connectivity index is 1.26. The fourth-order valence-corrected chi connectivity index (χ4v) is 4.14. The van der Waals surface area contributed by atoms with E-state index in [9.17, 15) is 9.18 Å². The number of halogens is 1. The zero-order chi connectivity index (χ0) is 20.5. The monoisotopic (exact) mass is 400 g/mol. The molecule has 1 unspecified atom stereocenters. The van der Waals surface area contributed by atoms with Crippen molar-refractivity contribution in [3.05, 3.63) is 90.1 Å². The fourth-order valence-electron chi connectivity index (χ4n) is 4.14. The molecule has 6 heteroatoms. The van der Waals surface area contributed by atoms with Gasteiger partial charge in [-0.05, 0) is 66.6 Å². The Kier molecular flexibility index (Phi) is 4.67. The number of amides is 1. The van der Waals surface area contributed by atoms with E-state index in [1.54, 1.807) is 12.3 Å². The number of hydrogen-bond donors (Lipinski definition) is 2. The summed E-state index contributed by atoms with van der Waals surface area (Å²) in [7, 11) is 0. The zero-order valence-electron chi connectivity index (χ0n) is 16.3. The molecular weight excluding hydrogens is 379 g/mol. The van der Waals surface area contributed by atoms with Gasteiger partial charge in [-0.15, -0.1) is 0 Å². The molecule has 0 bridgehead atoms. The molecule has 2 aromatic carbocycles. The molecule has 1 saturated heterocycles. The van der Waals surface area contributed by atoms with Gasteiger partial charge in [0.25, 0.3) is 5.91 Å². The zero-order valence-corrected chi connectivity index (χ0v) is 16.3. The van der Waals surface area contributed by atoms with Gasteiger partial charge >= 0.3 is 0 Å². The number of nitrogens with one attached hydrogen (secondary N) is 2. The number of benzene rings is 2. The number of hydrogen-bond acceptors (Lipinski definition) is 4. The van der Waals surface area contributed by atoms with Gasteiger partial charge in [-0.25, -0.2) is 4.39 Å². The molecule has 0 saturated carbocycles. The SMILES string of the molecule is O=C1Nc2cc(F)ccc2/C1=C/Nc1ccc(N2CCC(c3ccncc3)C2)cc1. The van der Waals surface area contributed by atoms with E-state index < -0.39 is 0 Å². The second kappa shape index (κ2) is 7.63. The third-order valence-corrected chi connectivity index (χ3v) is 5.75. The van der Waals surface area contributed by atoms with Crippen molar-refractivity contribution in [1.29, 1.82) is 0 Å². The average Bonchev–Trinajstić information content (AvgIpc) is 3.37. The lowest BCUT2D eigenvalue weighted by Gasteiger charge is -2.19. The number of aromatic nitrogens is 1. The van der Waals surface area contributed by atoms with E-state index in [-0.39, 0.29) is 11.7 Å². The van der Waals surface area contributed by atoms with Crippen LogP contribution in [0, 0.1) is 5.82 Å². The molecular formula is C24H21FN4O. The number of fused-ring (bicyclic) bond motifs is 1. The topological polar surface area (TPSA) is 57.3 Å². The largest absolute Gasteiger partial charge is 0.371 e. The summed E-state index contributed by atoms with van der Waals surface area (Å²) in [4.78, 5) is 18.7. The van der Waals surface area contributed by atoms with Crippen molar-refractivity contribution in [3.63, 3.8) is 0 Å². The lowest BCUT2D eigenvalue weighted by Crippen LogP contribution is -2.19. The van der Waals surface area contributed by atoms with Crippen LogP contribution in [0.2, 0.25) is 0 Å². The van der Waals surface area contributed by atoms with Crippen molar-refractivity contribution in [2.24, 2.45) is 0 Å². The standard InChI is InChI=1S/C24H21FN4O/c25-18-1-6-21-22(24(30)28-23(21)13-18)14-27-19-2-4-20(5-3-19)29-12-9-17(15-29)16-7-10-26-11-8-16/h1-8,10-11,13-14,17,27H,9,12,15H2,(H,28,30)/b22-14-. The number of pyridine rings is 1. The first-order valence-corrected chi connectivity index (χ1v) is 10.0. The smallest absolute Gasteiger partial charge is 0.257 e. The minimum absolute atomic E-state index is 0.237. The predicted octanol–water partition coefficient (Wildman–Crippen LogP) is 4.62. The van der Waals surface area contributed by atoms with Gasteiger partial charge in [0.1, 0.15) is 5.82 Å². The highest BCUT2D eigenvalue weighted by Crippen LogP contribution is 2.33. The Morgan fingerprint density at radius 1 is 1.10 bits per heavy atom. The van der Waals surface area contributed by atoms with E-state index in [1.807, 2.05) is 24.5 Å². The molecule has 1 atom stereocenters. The Hall–Kier alpha value is -3.67. The summed E-state index contributed by atoms with van der Waals surface area (Å²) in [5.41, 5.74) is 5.11. The van der Waals surface area contributed by atoms with E-state index in [1.165, 1.54) is 23.4 Å². The summed E-state index contributed by atoms with van der Waals surface area (Å²) in [6.07, 6.45) is 6.51. The van der Waals surface area contributed by atoms with Gasteiger partial charge in [0.2, 0.25) is 0 Å². The van der Waals surface area contributed by atoms with Gasteiger partial charge in [-0.2, -0.15) is 0 Å². The molecule has 2 aliphatic heterocycles. The van der Waals surface area contributed by atoms with Crippen LogP contribution in [0.4, 0.5) is 21.5 Å². The Labute approximate surface area is 174 Å². The molecule has 1 fully saturated rings. The lowest BCUT2D eigenvalue weighted by molar-refractivity contribution is -0.110. The first-order valence-electron chi connectivity index (χ1n) is 10.0. The number of nitrogens with zero attached hydrogens (tertiary/aromatic N) is 2. The lowest BCUT2D eigenvalue weighted by atomic mass is 10.00. The fraction of sp³-hybridized carbons (Fsp3) is 0.167. The number of rotatable bonds is 4. The van der Waals surface area contributed by atoms with Crippen molar-refractivity contribution in [2.45, 2.75) is 12.3 Å². The van der Waals surface area contributed by atoms with Gasteiger partial charge in [-0.3, -0.25) is 9.78 Å². The summed E-state index contributed by atoms with van der Waals surface area (Å²) in [5.74, 6) is -0.0767. The van der Waals surface area contributed by atoms with E-state index in [0.29, 0.717) is 22.7 Å². The minimum atomic E-state index is -0.369. The molecule has 5 rings (SSSR count). The van der Waals surface area contributed by atoms with Gasteiger partial charge in [-0.1, -0.05) is 0 Å². The average molecular weight is 400 g/mol. The molecule has 2 N–H and O–H groups in total.